The van der Waals surface area contributed by atoms with Gasteiger partial charge in [0.15, 0.2) is 0 Å². The number of nitrogens with one attached hydrogen (secondary N) is 3. The molecule has 2 aromatic carbocycles. The molecule has 0 fully saturated rings. The summed E-state index contributed by atoms with van der Waals surface area (Å²) in [4.78, 5) is 36.4. The van der Waals surface area contributed by atoms with Crippen LogP contribution in [0.15, 0.2) is 33.9 Å². The van der Waals surface area contributed by atoms with Gasteiger partial charge < -0.3 is 15.5 Å². The molecule has 0 aliphatic heterocycles. The number of carbonyl (C=O) groups is 1. The third kappa shape index (κ3) is 4.82. The Balaban J connectivity index is 1.86. The van der Waals surface area contributed by atoms with E-state index in [1.54, 1.807) is 5.48 Å². The number of carbonyl (C=O) groups excluding carboxylic acids is 1. The van der Waals surface area contributed by atoms with Gasteiger partial charge in [0.05, 0.1) is 0 Å². The Morgan fingerprint density at radius 1 is 1.00 bits per heavy atom. The lowest BCUT2D eigenvalue weighted by Crippen LogP contribution is -2.36. The van der Waals surface area contributed by atoms with Crippen LogP contribution in [-0.2, 0) is 4.79 Å². The molecule has 0 heterocycles. The number of amides is 1. The van der Waals surface area contributed by atoms with Gasteiger partial charge in [0.2, 0.25) is 5.91 Å². The highest BCUT2D eigenvalue weighted by molar-refractivity contribution is 5.79. The van der Waals surface area contributed by atoms with Gasteiger partial charge in [-0.15, -0.1) is 0 Å². The summed E-state index contributed by atoms with van der Waals surface area (Å²) in [5.74, 6) is -0.410. The molecule has 4 N–H and O–H groups in total. The zero-order valence-electron chi connectivity index (χ0n) is 15.0. The third-order valence-electron chi connectivity index (χ3n) is 4.07. The van der Waals surface area contributed by atoms with Crippen molar-refractivity contribution in [3.63, 3.8) is 0 Å². The van der Waals surface area contributed by atoms with Crippen molar-refractivity contribution in [3.05, 3.63) is 44.7 Å². The molecule has 0 aliphatic carbocycles. The van der Waals surface area contributed by atoms with Gasteiger partial charge >= 0.3 is 0 Å². The summed E-state index contributed by atoms with van der Waals surface area (Å²) in [5.41, 5.74) is 2.91. The first-order chi connectivity index (χ1) is 12.4. The summed E-state index contributed by atoms with van der Waals surface area (Å²) in [6, 6.07) is 7.54. The highest BCUT2D eigenvalue weighted by Gasteiger charge is 2.20. The molecule has 2 aromatic rings. The topological polar surface area (TPSA) is 111 Å². The fourth-order valence-corrected chi connectivity index (χ4v) is 2.52. The number of unbranched alkanes of at least 4 members (excludes halogenated alkanes) is 2. The molecule has 0 bridgehead atoms. The van der Waals surface area contributed by atoms with Crippen LogP contribution >= 0.6 is 0 Å². The van der Waals surface area contributed by atoms with Crippen LogP contribution in [0.2, 0.25) is 0 Å². The molecule has 26 heavy (non-hydrogen) atoms. The molecular formula is C18H24N4O4. The highest BCUT2D eigenvalue weighted by Crippen LogP contribution is 2.22. The van der Waals surface area contributed by atoms with Crippen LogP contribution in [0, 0.1) is 0 Å². The fraction of sp³-hybridized carbons (Fsp3) is 0.389. The van der Waals surface area contributed by atoms with Gasteiger partial charge in [0.25, 0.3) is 10.9 Å². The molecule has 8 nitrogen and oxygen atoms in total. The molecule has 2 rings (SSSR count). The minimum absolute atomic E-state index is 0.256. The molecule has 0 unspecified atom stereocenters. The predicted octanol–water partition coefficient (Wildman–Crippen LogP) is 1.57. The van der Waals surface area contributed by atoms with Crippen molar-refractivity contribution in [2.45, 2.75) is 25.7 Å². The number of hydrogen-bond donors (Lipinski definition) is 4. The molecule has 0 aliphatic rings. The lowest BCUT2D eigenvalue weighted by atomic mass is 10.1. The maximum atomic E-state index is 11.8. The Morgan fingerprint density at radius 2 is 1.65 bits per heavy atom. The van der Waals surface area contributed by atoms with Crippen LogP contribution in [0.3, 0.4) is 0 Å². The van der Waals surface area contributed by atoms with Crippen LogP contribution in [-0.4, -0.2) is 31.8 Å². The first-order valence-corrected chi connectivity index (χ1v) is 8.48. The Kier molecular flexibility index (Phi) is 6.74. The lowest BCUT2D eigenvalue weighted by molar-refractivity contribution is -0.129. The molecule has 0 saturated carbocycles. The minimum atomic E-state index is -0.524. The molecular weight excluding hydrogens is 336 g/mol. The molecule has 140 valence electrons. The number of hydrogen-bond acceptors (Lipinski definition) is 7. The van der Waals surface area contributed by atoms with Crippen molar-refractivity contribution in [1.29, 1.82) is 0 Å². The molecule has 0 spiro atoms. The van der Waals surface area contributed by atoms with E-state index in [1.807, 2.05) is 43.3 Å². The van der Waals surface area contributed by atoms with Gasteiger partial charge in [0, 0.05) is 38.4 Å². The van der Waals surface area contributed by atoms with Crippen molar-refractivity contribution < 1.29 is 10.0 Å². The van der Waals surface area contributed by atoms with Crippen molar-refractivity contribution in [2.75, 3.05) is 36.2 Å². The summed E-state index contributed by atoms with van der Waals surface area (Å²) in [7, 11) is 3.88. The Labute approximate surface area is 151 Å². The van der Waals surface area contributed by atoms with Gasteiger partial charge in [0.1, 0.15) is 11.4 Å². The molecule has 0 aromatic heterocycles. The van der Waals surface area contributed by atoms with Crippen molar-refractivity contribution in [3.8, 4) is 0 Å². The van der Waals surface area contributed by atoms with Gasteiger partial charge in [-0.3, -0.25) is 19.6 Å². The number of hydroxylamine groups is 1. The second kappa shape index (κ2) is 9.00. The molecule has 0 radical (unpaired) electrons. The highest BCUT2D eigenvalue weighted by atomic mass is 16.5. The van der Waals surface area contributed by atoms with E-state index in [4.69, 9.17) is 5.21 Å². The molecule has 0 atom stereocenters. The SMILES string of the molecule is CN(C)c1ccc(Nc2c(NCCCCCC(=O)NO)c(=O)c2=O)cc1. The van der Waals surface area contributed by atoms with E-state index in [9.17, 15) is 14.4 Å². The van der Waals surface area contributed by atoms with Gasteiger partial charge in [-0.05, 0) is 37.1 Å². The first kappa shape index (κ1) is 19.5. The van der Waals surface area contributed by atoms with Crippen molar-refractivity contribution >= 4 is 28.7 Å². The number of rotatable bonds is 10. The van der Waals surface area contributed by atoms with Crippen LogP contribution in [0.4, 0.5) is 22.7 Å². The lowest BCUT2D eigenvalue weighted by Gasteiger charge is -2.16. The van der Waals surface area contributed by atoms with E-state index in [1.165, 1.54) is 0 Å². The molecule has 1 amide bonds. The van der Waals surface area contributed by atoms with E-state index in [0.717, 1.165) is 24.2 Å². The van der Waals surface area contributed by atoms with E-state index < -0.39 is 16.8 Å². The monoisotopic (exact) mass is 360 g/mol. The Hall–Kier alpha value is -2.87. The largest absolute Gasteiger partial charge is 0.380 e. The van der Waals surface area contributed by atoms with E-state index >= 15 is 0 Å². The summed E-state index contributed by atoms with van der Waals surface area (Å²) < 4.78 is 0. The van der Waals surface area contributed by atoms with Crippen LogP contribution in [0.5, 0.6) is 0 Å². The molecule has 0 saturated heterocycles. The van der Waals surface area contributed by atoms with E-state index in [2.05, 4.69) is 10.6 Å². The van der Waals surface area contributed by atoms with Gasteiger partial charge in [-0.2, -0.15) is 0 Å². The smallest absolute Gasteiger partial charge is 0.253 e. The second-order valence-corrected chi connectivity index (χ2v) is 6.25. The quantitative estimate of drug-likeness (QED) is 0.220. The molecule has 8 heteroatoms. The van der Waals surface area contributed by atoms with E-state index in [-0.39, 0.29) is 12.1 Å². The van der Waals surface area contributed by atoms with Gasteiger partial charge in [-0.25, -0.2) is 5.48 Å². The average molecular weight is 360 g/mol. The standard InChI is InChI=1S/C18H24N4O4/c1-22(2)13-9-7-12(8-10-13)20-16-15(17(24)18(16)25)19-11-5-3-4-6-14(23)21-26/h7-10,19-20,26H,3-6,11H2,1-2H3,(H,21,23). The number of benzene rings is 1. The van der Waals surface area contributed by atoms with E-state index in [0.29, 0.717) is 18.7 Å². The zero-order valence-corrected chi connectivity index (χ0v) is 15.0. The number of nitrogens with zero attached hydrogens (tertiary/aromatic N) is 1. The fourth-order valence-electron chi connectivity index (χ4n) is 2.52. The van der Waals surface area contributed by atoms with Crippen LogP contribution in [0.25, 0.3) is 0 Å². The Bertz CT molecular complexity index is 808. The summed E-state index contributed by atoms with van der Waals surface area (Å²) in [5, 5.41) is 14.4. The normalized spacial score (nSPS) is 10.6. The van der Waals surface area contributed by atoms with Crippen molar-refractivity contribution in [2.24, 2.45) is 0 Å². The predicted molar refractivity (Wildman–Crippen MR) is 102 cm³/mol. The minimum Gasteiger partial charge on any atom is -0.380 e. The zero-order chi connectivity index (χ0) is 19.1. The van der Waals surface area contributed by atoms with Crippen LogP contribution < -0.4 is 31.9 Å². The Morgan fingerprint density at radius 3 is 2.27 bits per heavy atom. The first-order valence-electron chi connectivity index (χ1n) is 8.48. The van der Waals surface area contributed by atoms with Crippen molar-refractivity contribution in [1.82, 2.24) is 5.48 Å². The maximum absolute atomic E-state index is 11.8. The third-order valence-corrected chi connectivity index (χ3v) is 4.07. The van der Waals surface area contributed by atoms with Crippen LogP contribution in [0.1, 0.15) is 25.7 Å². The maximum Gasteiger partial charge on any atom is 0.253 e. The average Bonchev–Trinajstić information content (AvgIpc) is 2.65. The van der Waals surface area contributed by atoms with Gasteiger partial charge in [-0.1, -0.05) is 6.42 Å². The summed E-state index contributed by atoms with van der Waals surface area (Å²) >= 11 is 0. The number of anilines is 4. The summed E-state index contributed by atoms with van der Waals surface area (Å²) in [6.45, 7) is 0.528. The summed E-state index contributed by atoms with van der Waals surface area (Å²) in [6.07, 6.45) is 2.41. The second-order valence-electron chi connectivity index (χ2n) is 6.25.